The van der Waals surface area contributed by atoms with Crippen molar-refractivity contribution in [2.45, 2.75) is 19.0 Å². The highest BCUT2D eigenvalue weighted by molar-refractivity contribution is 5.45. The molecule has 0 amide bonds. The van der Waals surface area contributed by atoms with Crippen LogP contribution < -0.4 is 10.6 Å². The fraction of sp³-hybridized carbons (Fsp3) is 0.385. The third-order valence-corrected chi connectivity index (χ3v) is 3.20. The Labute approximate surface area is 106 Å². The van der Waals surface area contributed by atoms with E-state index in [1.807, 2.05) is 4.68 Å². The molecule has 2 N–H and O–H groups in total. The molecule has 1 atom stereocenters. The van der Waals surface area contributed by atoms with Gasteiger partial charge >= 0.3 is 0 Å². The predicted molar refractivity (Wildman–Crippen MR) is 70.5 cm³/mol. The molecular formula is C13H17N5. The molecule has 1 aromatic carbocycles. The number of nitrogens with one attached hydrogen (secondary N) is 2. The zero-order chi connectivity index (χ0) is 12.2. The molecule has 94 valence electrons. The van der Waals surface area contributed by atoms with Crippen LogP contribution in [0, 0.1) is 0 Å². The van der Waals surface area contributed by atoms with E-state index in [4.69, 9.17) is 0 Å². The summed E-state index contributed by atoms with van der Waals surface area (Å²) >= 11 is 0. The van der Waals surface area contributed by atoms with Crippen molar-refractivity contribution in [2.24, 2.45) is 0 Å². The van der Waals surface area contributed by atoms with Gasteiger partial charge in [0.05, 0.1) is 6.54 Å². The third kappa shape index (κ3) is 2.68. The highest BCUT2D eigenvalue weighted by atomic mass is 15.3. The number of benzene rings is 1. The van der Waals surface area contributed by atoms with Crippen molar-refractivity contribution in [1.29, 1.82) is 0 Å². The van der Waals surface area contributed by atoms with Crippen molar-refractivity contribution < 1.29 is 0 Å². The first-order valence-corrected chi connectivity index (χ1v) is 6.29. The number of aromatic nitrogens is 3. The Bertz CT molecular complexity index is 471. The molecule has 1 aliphatic rings. The lowest BCUT2D eigenvalue weighted by molar-refractivity contribution is 0.685. The number of hydrogen-bond donors (Lipinski definition) is 2. The Balaban J connectivity index is 1.61. The normalized spacial score (nSPS) is 19.0. The van der Waals surface area contributed by atoms with Crippen LogP contribution in [-0.4, -0.2) is 33.9 Å². The van der Waals surface area contributed by atoms with Gasteiger partial charge < -0.3 is 10.6 Å². The molecule has 0 aliphatic carbocycles. The Morgan fingerprint density at radius 2 is 2.22 bits per heavy atom. The standard InChI is InChI=1S/C13H17N5/c1-3-12(17-13-5-6-14-7-13)4-2-11(1)8-18-10-15-9-16-18/h1-4,9-10,13-14,17H,5-8H2. The van der Waals surface area contributed by atoms with Crippen molar-refractivity contribution in [3.8, 4) is 0 Å². The maximum Gasteiger partial charge on any atom is 0.137 e. The minimum atomic E-state index is 0.561. The van der Waals surface area contributed by atoms with Crippen LogP contribution in [0.1, 0.15) is 12.0 Å². The summed E-state index contributed by atoms with van der Waals surface area (Å²) in [7, 11) is 0. The Morgan fingerprint density at radius 3 is 2.89 bits per heavy atom. The van der Waals surface area contributed by atoms with Crippen LogP contribution in [0.25, 0.3) is 0 Å². The van der Waals surface area contributed by atoms with Crippen molar-refractivity contribution in [3.63, 3.8) is 0 Å². The summed E-state index contributed by atoms with van der Waals surface area (Å²) in [6.45, 7) is 2.94. The third-order valence-electron chi connectivity index (χ3n) is 3.20. The van der Waals surface area contributed by atoms with Crippen molar-refractivity contribution in [1.82, 2.24) is 20.1 Å². The molecule has 0 spiro atoms. The van der Waals surface area contributed by atoms with Gasteiger partial charge in [-0.25, -0.2) is 9.67 Å². The highest BCUT2D eigenvalue weighted by Crippen LogP contribution is 2.13. The Morgan fingerprint density at radius 1 is 1.33 bits per heavy atom. The van der Waals surface area contributed by atoms with Crippen LogP contribution in [0.3, 0.4) is 0 Å². The van der Waals surface area contributed by atoms with Crippen molar-refractivity contribution >= 4 is 5.69 Å². The van der Waals surface area contributed by atoms with E-state index in [0.717, 1.165) is 19.6 Å². The minimum absolute atomic E-state index is 0.561. The molecule has 1 aliphatic heterocycles. The van der Waals surface area contributed by atoms with Crippen molar-refractivity contribution in [2.75, 3.05) is 18.4 Å². The number of rotatable bonds is 4. The summed E-state index contributed by atoms with van der Waals surface area (Å²) in [5.41, 5.74) is 2.42. The van der Waals surface area contributed by atoms with Crippen molar-refractivity contribution in [3.05, 3.63) is 42.5 Å². The van der Waals surface area contributed by atoms with Gasteiger partial charge in [0, 0.05) is 18.3 Å². The summed E-state index contributed by atoms with van der Waals surface area (Å²) in [5.74, 6) is 0. The lowest BCUT2D eigenvalue weighted by atomic mass is 10.2. The van der Waals surface area contributed by atoms with E-state index in [2.05, 4.69) is 45.0 Å². The molecule has 3 rings (SSSR count). The molecule has 18 heavy (non-hydrogen) atoms. The SMILES string of the molecule is c1ncn(Cc2ccc(NC3CCNC3)cc2)n1. The molecule has 1 unspecified atom stereocenters. The van der Waals surface area contributed by atoms with Crippen LogP contribution in [0.2, 0.25) is 0 Å². The summed E-state index contributed by atoms with van der Waals surface area (Å²) < 4.78 is 1.82. The van der Waals surface area contributed by atoms with Gasteiger partial charge in [-0.15, -0.1) is 0 Å². The highest BCUT2D eigenvalue weighted by Gasteiger charge is 2.13. The van der Waals surface area contributed by atoms with E-state index in [1.54, 1.807) is 12.7 Å². The largest absolute Gasteiger partial charge is 0.381 e. The zero-order valence-corrected chi connectivity index (χ0v) is 10.2. The van der Waals surface area contributed by atoms with E-state index in [9.17, 15) is 0 Å². The fourth-order valence-corrected chi connectivity index (χ4v) is 2.22. The molecule has 1 saturated heterocycles. The van der Waals surface area contributed by atoms with Gasteiger partial charge in [0.15, 0.2) is 0 Å². The second-order valence-electron chi connectivity index (χ2n) is 4.62. The summed E-state index contributed by atoms with van der Waals surface area (Å²) in [6, 6.07) is 9.08. The number of anilines is 1. The molecule has 1 fully saturated rings. The molecule has 2 aromatic rings. The van der Waals surface area contributed by atoms with Crippen LogP contribution in [0.15, 0.2) is 36.9 Å². The van der Waals surface area contributed by atoms with Crippen LogP contribution in [0.5, 0.6) is 0 Å². The fourth-order valence-electron chi connectivity index (χ4n) is 2.22. The van der Waals surface area contributed by atoms with E-state index in [0.29, 0.717) is 6.04 Å². The summed E-state index contributed by atoms with van der Waals surface area (Å²) in [4.78, 5) is 3.94. The van der Waals surface area contributed by atoms with Crippen LogP contribution in [0.4, 0.5) is 5.69 Å². The maximum atomic E-state index is 4.10. The molecule has 0 radical (unpaired) electrons. The molecule has 5 heteroatoms. The molecule has 2 heterocycles. The first kappa shape index (κ1) is 11.2. The quantitative estimate of drug-likeness (QED) is 0.844. The van der Waals surface area contributed by atoms with Gasteiger partial charge in [-0.1, -0.05) is 12.1 Å². The topological polar surface area (TPSA) is 54.8 Å². The number of hydrogen-bond acceptors (Lipinski definition) is 4. The van der Waals surface area contributed by atoms with Crippen LogP contribution >= 0.6 is 0 Å². The zero-order valence-electron chi connectivity index (χ0n) is 10.2. The smallest absolute Gasteiger partial charge is 0.137 e. The van der Waals surface area contributed by atoms with Gasteiger partial charge in [0.1, 0.15) is 12.7 Å². The van der Waals surface area contributed by atoms with E-state index in [-0.39, 0.29) is 0 Å². The average Bonchev–Trinajstić information content (AvgIpc) is 3.05. The lowest BCUT2D eigenvalue weighted by Crippen LogP contribution is -2.21. The summed E-state index contributed by atoms with van der Waals surface area (Å²) in [5, 5.41) is 11.0. The van der Waals surface area contributed by atoms with Gasteiger partial charge in [0.25, 0.3) is 0 Å². The van der Waals surface area contributed by atoms with E-state index >= 15 is 0 Å². The molecular weight excluding hydrogens is 226 g/mol. The number of nitrogens with zero attached hydrogens (tertiary/aromatic N) is 3. The second-order valence-corrected chi connectivity index (χ2v) is 4.62. The van der Waals surface area contributed by atoms with Gasteiger partial charge in [-0.2, -0.15) is 5.10 Å². The minimum Gasteiger partial charge on any atom is -0.381 e. The van der Waals surface area contributed by atoms with E-state index < -0.39 is 0 Å². The monoisotopic (exact) mass is 243 g/mol. The Kier molecular flexibility index (Phi) is 3.23. The average molecular weight is 243 g/mol. The first-order valence-electron chi connectivity index (χ1n) is 6.29. The maximum absolute atomic E-state index is 4.10. The first-order chi connectivity index (χ1) is 8.90. The molecule has 0 bridgehead atoms. The van der Waals surface area contributed by atoms with Gasteiger partial charge in [-0.3, -0.25) is 0 Å². The second kappa shape index (κ2) is 5.18. The summed E-state index contributed by atoms with van der Waals surface area (Å²) in [6.07, 6.45) is 4.49. The van der Waals surface area contributed by atoms with Crippen LogP contribution in [-0.2, 0) is 6.54 Å². The van der Waals surface area contributed by atoms with E-state index in [1.165, 1.54) is 17.7 Å². The molecule has 5 nitrogen and oxygen atoms in total. The van der Waals surface area contributed by atoms with Gasteiger partial charge in [0.2, 0.25) is 0 Å². The lowest BCUT2D eigenvalue weighted by Gasteiger charge is -2.13. The predicted octanol–water partition coefficient (Wildman–Crippen LogP) is 1.10. The molecule has 1 aromatic heterocycles. The Hall–Kier alpha value is -1.88. The van der Waals surface area contributed by atoms with Gasteiger partial charge in [-0.05, 0) is 30.7 Å². The molecule has 0 saturated carbocycles.